The minimum atomic E-state index is -1.07. The van der Waals surface area contributed by atoms with E-state index < -0.39 is 48.4 Å². The van der Waals surface area contributed by atoms with E-state index in [2.05, 4.69) is 4.74 Å². The number of benzene rings is 2. The maximum Gasteiger partial charge on any atom is 0.423 e. The lowest BCUT2D eigenvalue weighted by Crippen LogP contribution is -2.40. The summed E-state index contributed by atoms with van der Waals surface area (Å²) in [7, 11) is 1.09. The van der Waals surface area contributed by atoms with Crippen molar-refractivity contribution in [2.75, 3.05) is 20.3 Å². The van der Waals surface area contributed by atoms with Crippen molar-refractivity contribution < 1.29 is 39.2 Å². The number of para-hydroxylation sites is 1. The molecule has 0 spiro atoms. The number of rotatable bonds is 9. The number of allylic oxidation sites excluding steroid dienone is 1. The van der Waals surface area contributed by atoms with Gasteiger partial charge >= 0.3 is 6.09 Å². The number of likely N-dealkylation sites (tertiary alicyclic amines) is 1. The van der Waals surface area contributed by atoms with Gasteiger partial charge in [0.2, 0.25) is 11.8 Å². The van der Waals surface area contributed by atoms with Crippen LogP contribution in [0.4, 0.5) is 4.79 Å². The third-order valence-corrected chi connectivity index (χ3v) is 7.78. The number of aliphatic hydroxyl groups is 2. The Morgan fingerprint density at radius 2 is 1.90 bits per heavy atom. The van der Waals surface area contributed by atoms with Crippen LogP contribution in [0, 0.1) is 17.8 Å². The van der Waals surface area contributed by atoms with Crippen LogP contribution in [0.15, 0.2) is 65.3 Å². The van der Waals surface area contributed by atoms with Crippen molar-refractivity contribution in [3.05, 3.63) is 75.8 Å². The summed E-state index contributed by atoms with van der Waals surface area (Å²) in [5, 5.41) is 31.9. The number of aromatic hydroxyl groups is 1. The fourth-order valence-corrected chi connectivity index (χ4v) is 5.77. The minimum absolute atomic E-state index is 0.0355. The van der Waals surface area contributed by atoms with E-state index in [4.69, 9.17) is 16.3 Å². The maximum atomic E-state index is 13.2. The van der Waals surface area contributed by atoms with Crippen molar-refractivity contribution in [3.8, 4) is 11.5 Å². The summed E-state index contributed by atoms with van der Waals surface area (Å²) in [6, 6.07) is 13.7. The molecule has 3 N–H and O–H groups in total. The molecule has 1 saturated heterocycles. The number of nitrogens with zero attached hydrogens (tertiary/aromatic N) is 1. The quantitative estimate of drug-likeness (QED) is 0.300. The van der Waals surface area contributed by atoms with Gasteiger partial charge < -0.3 is 24.8 Å². The van der Waals surface area contributed by atoms with Gasteiger partial charge in [-0.05, 0) is 73.2 Å². The summed E-state index contributed by atoms with van der Waals surface area (Å²) in [6.07, 6.45) is 0.549. The zero-order valence-electron chi connectivity index (χ0n) is 22.2. The molecule has 0 saturated carbocycles. The summed E-state index contributed by atoms with van der Waals surface area (Å²) in [5.41, 5.74) is 2.68. The number of imide groups is 3. The first-order chi connectivity index (χ1) is 19.2. The highest BCUT2D eigenvalue weighted by molar-refractivity contribution is 6.32. The topological polar surface area (TPSA) is 134 Å². The first kappa shape index (κ1) is 29.3. The number of carbonyl (C=O) groups excluding carboxylic acids is 3. The summed E-state index contributed by atoms with van der Waals surface area (Å²) in [6.45, 7) is 1.42. The van der Waals surface area contributed by atoms with E-state index in [9.17, 15) is 29.7 Å². The second-order valence-electron chi connectivity index (χ2n) is 10.0. The van der Waals surface area contributed by atoms with Gasteiger partial charge in [-0.2, -0.15) is 4.90 Å². The number of hydrogen-bond acceptors (Lipinski definition) is 8. The van der Waals surface area contributed by atoms with E-state index in [-0.39, 0.29) is 25.2 Å². The van der Waals surface area contributed by atoms with Crippen LogP contribution < -0.4 is 4.74 Å². The third-order valence-electron chi connectivity index (χ3n) is 7.45. The fraction of sp³-hybridized carbons (Fsp3) is 0.367. The van der Waals surface area contributed by atoms with Gasteiger partial charge in [-0.25, -0.2) is 4.79 Å². The Morgan fingerprint density at radius 3 is 2.55 bits per heavy atom. The van der Waals surface area contributed by atoms with Gasteiger partial charge in [0.1, 0.15) is 18.1 Å². The van der Waals surface area contributed by atoms with E-state index in [0.29, 0.717) is 38.8 Å². The molecule has 212 valence electrons. The van der Waals surface area contributed by atoms with E-state index in [1.54, 1.807) is 18.2 Å². The smallest absolute Gasteiger partial charge is 0.423 e. The summed E-state index contributed by atoms with van der Waals surface area (Å²) in [5.74, 6) is -3.56. The first-order valence-electron chi connectivity index (χ1n) is 13.0. The number of aliphatic hydroxyl groups excluding tert-OH is 2. The molecule has 4 rings (SSSR count). The first-order valence-corrected chi connectivity index (χ1v) is 13.3. The molecule has 2 aromatic carbocycles. The molecule has 40 heavy (non-hydrogen) atoms. The SMILES string of the molecule is COC(=O)N1C(=O)[C@@H]2[C@@H](CC(COc3ccccc3)=C([C@H](O)CC/C(C)=C/c3ccc(O)cc3Cl)[C@@H]2CO)C1=O. The molecule has 10 heteroatoms. The molecular formula is C30H32ClNO8. The molecule has 0 unspecified atom stereocenters. The van der Waals surface area contributed by atoms with E-state index in [1.807, 2.05) is 31.2 Å². The number of phenols is 1. The molecule has 0 radical (unpaired) electrons. The Balaban J connectivity index is 1.62. The number of phenolic OH excluding ortho intramolecular Hbond substituents is 1. The second kappa shape index (κ2) is 12.7. The average molecular weight is 570 g/mol. The van der Waals surface area contributed by atoms with Crippen molar-refractivity contribution >= 4 is 35.6 Å². The number of fused-ring (bicyclic) bond motifs is 1. The Kier molecular flexibility index (Phi) is 9.29. The van der Waals surface area contributed by atoms with Gasteiger partial charge in [-0.15, -0.1) is 0 Å². The lowest BCUT2D eigenvalue weighted by Gasteiger charge is -2.36. The van der Waals surface area contributed by atoms with Gasteiger partial charge in [0, 0.05) is 5.92 Å². The van der Waals surface area contributed by atoms with Crippen LogP contribution in [0.25, 0.3) is 6.08 Å². The standard InChI is InChI=1S/C30H32ClNO8/c1-17(12-18-9-10-20(34)14-24(18)31)8-11-25(35)26-19(16-40-21-6-4-3-5-7-21)13-22-27(23(26)15-33)29(37)32(28(22)36)30(38)39-2/h3-7,9-10,12,14,22-23,25,27,33-35H,8,11,13,15-16H2,1-2H3/b17-12+/t22-,23+,25-,27-/m1/s1. The van der Waals surface area contributed by atoms with Crippen molar-refractivity contribution in [3.63, 3.8) is 0 Å². The lowest BCUT2D eigenvalue weighted by atomic mass is 9.68. The zero-order valence-corrected chi connectivity index (χ0v) is 23.0. The lowest BCUT2D eigenvalue weighted by molar-refractivity contribution is -0.137. The molecule has 0 aromatic heterocycles. The normalized spacial score (nSPS) is 21.9. The second-order valence-corrected chi connectivity index (χ2v) is 10.4. The molecule has 2 aliphatic rings. The maximum absolute atomic E-state index is 13.2. The van der Waals surface area contributed by atoms with E-state index in [0.717, 1.165) is 12.7 Å². The van der Waals surface area contributed by atoms with Crippen LogP contribution >= 0.6 is 11.6 Å². The molecule has 1 aliphatic carbocycles. The van der Waals surface area contributed by atoms with Gasteiger partial charge in [0.05, 0.1) is 36.7 Å². The molecule has 1 fully saturated rings. The third kappa shape index (κ3) is 6.06. The number of amides is 3. The molecule has 3 amide bonds. The predicted molar refractivity (Wildman–Crippen MR) is 147 cm³/mol. The molecule has 9 nitrogen and oxygen atoms in total. The van der Waals surface area contributed by atoms with E-state index in [1.165, 1.54) is 12.1 Å². The molecular weight excluding hydrogens is 538 g/mol. The monoisotopic (exact) mass is 569 g/mol. The van der Waals surface area contributed by atoms with Crippen LogP contribution in [0.1, 0.15) is 31.7 Å². The number of ether oxygens (including phenoxy) is 2. The van der Waals surface area contributed by atoms with Crippen molar-refractivity contribution in [1.29, 1.82) is 0 Å². The van der Waals surface area contributed by atoms with Crippen LogP contribution in [-0.2, 0) is 14.3 Å². The van der Waals surface area contributed by atoms with E-state index >= 15 is 0 Å². The highest BCUT2D eigenvalue weighted by atomic mass is 35.5. The molecule has 4 atom stereocenters. The Labute approximate surface area is 237 Å². The summed E-state index contributed by atoms with van der Waals surface area (Å²) >= 11 is 6.22. The Hall–Kier alpha value is -3.66. The molecule has 1 aliphatic heterocycles. The zero-order chi connectivity index (χ0) is 29.0. The van der Waals surface area contributed by atoms with Gasteiger partial charge in [0.15, 0.2) is 0 Å². The molecule has 2 aromatic rings. The highest BCUT2D eigenvalue weighted by Gasteiger charge is 2.57. The van der Waals surface area contributed by atoms with Crippen LogP contribution in [0.5, 0.6) is 11.5 Å². The number of hydrogen-bond donors (Lipinski definition) is 3. The Morgan fingerprint density at radius 1 is 1.18 bits per heavy atom. The van der Waals surface area contributed by atoms with Crippen LogP contribution in [0.2, 0.25) is 5.02 Å². The predicted octanol–water partition coefficient (Wildman–Crippen LogP) is 4.35. The number of carbonyl (C=O) groups is 3. The van der Waals surface area contributed by atoms with Gasteiger partial charge in [0.25, 0.3) is 0 Å². The Bertz CT molecular complexity index is 1340. The van der Waals surface area contributed by atoms with Gasteiger partial charge in [-0.1, -0.05) is 41.4 Å². The van der Waals surface area contributed by atoms with Crippen molar-refractivity contribution in [2.45, 2.75) is 32.3 Å². The number of halogens is 1. The summed E-state index contributed by atoms with van der Waals surface area (Å²) in [4.78, 5) is 39.1. The summed E-state index contributed by atoms with van der Waals surface area (Å²) < 4.78 is 10.6. The molecule has 0 bridgehead atoms. The van der Waals surface area contributed by atoms with Crippen LogP contribution in [0.3, 0.4) is 0 Å². The van der Waals surface area contributed by atoms with Crippen molar-refractivity contribution in [1.82, 2.24) is 4.90 Å². The highest BCUT2D eigenvalue weighted by Crippen LogP contribution is 2.46. The minimum Gasteiger partial charge on any atom is -0.508 e. The largest absolute Gasteiger partial charge is 0.508 e. The number of methoxy groups -OCH3 is 1. The molecule has 1 heterocycles. The van der Waals surface area contributed by atoms with Gasteiger partial charge in [-0.3, -0.25) is 9.59 Å². The van der Waals surface area contributed by atoms with Crippen molar-refractivity contribution in [2.24, 2.45) is 17.8 Å². The fourth-order valence-electron chi connectivity index (χ4n) is 5.54. The van der Waals surface area contributed by atoms with Crippen LogP contribution in [-0.4, -0.2) is 64.6 Å². The average Bonchev–Trinajstić information content (AvgIpc) is 3.20.